The van der Waals surface area contributed by atoms with Gasteiger partial charge in [-0.05, 0) is 0 Å². The van der Waals surface area contributed by atoms with E-state index in [-0.39, 0.29) is 0 Å². The first kappa shape index (κ1) is 13.7. The van der Waals surface area contributed by atoms with Crippen LogP contribution < -0.4 is 10.6 Å². The number of hydrogen-bond donors (Lipinski definition) is 4. The van der Waals surface area contributed by atoms with Gasteiger partial charge in [0.25, 0.3) is 0 Å². The van der Waals surface area contributed by atoms with E-state index in [0.717, 1.165) is 26.2 Å². The van der Waals surface area contributed by atoms with Gasteiger partial charge in [-0.15, -0.1) is 0 Å². The minimum atomic E-state index is -5.31. The second kappa shape index (κ2) is 5.58. The number of rotatable bonds is 1. The molecule has 0 aromatic heterocycles. The van der Waals surface area contributed by atoms with E-state index >= 15 is 0 Å². The van der Waals surface area contributed by atoms with E-state index < -0.39 is 18.3 Å². The van der Waals surface area contributed by atoms with Gasteiger partial charge in [-0.3, -0.25) is 9.11 Å². The molecule has 0 unspecified atom stereocenters. The summed E-state index contributed by atoms with van der Waals surface area (Å²) in [6.45, 7) is 4.56. The van der Waals surface area contributed by atoms with Crippen LogP contribution in [-0.2, 0) is 18.3 Å². The van der Waals surface area contributed by atoms with Crippen LogP contribution in [0.15, 0.2) is 0 Å². The first-order valence-corrected chi connectivity index (χ1v) is 7.01. The summed E-state index contributed by atoms with van der Waals surface area (Å²) in [4.78, 5) is 0. The van der Waals surface area contributed by atoms with E-state index in [1.54, 1.807) is 0 Å². The molecule has 1 rings (SSSR count). The quantitative estimate of drug-likeness (QED) is 0.305. The van der Waals surface area contributed by atoms with Gasteiger partial charge in [0.2, 0.25) is 0 Å². The molecule has 0 atom stereocenters. The van der Waals surface area contributed by atoms with Crippen molar-refractivity contribution in [3.8, 4) is 0 Å². The third kappa shape index (κ3) is 6.23. The standard InChI is InChI=1S/C4H10N2.H2O6S2/c1-2-6-4-3-5-1;1-7(2,3)8(4,5)6/h5-6H,1-4H2;(H,1,2,3)(H,4,5,6). The van der Waals surface area contributed by atoms with Crippen LogP contribution in [0.1, 0.15) is 0 Å². The molecule has 0 radical (unpaired) electrons. The molecule has 4 N–H and O–H groups in total. The van der Waals surface area contributed by atoms with Crippen LogP contribution in [0, 0.1) is 0 Å². The predicted molar refractivity (Wildman–Crippen MR) is 48.8 cm³/mol. The van der Waals surface area contributed by atoms with E-state index in [9.17, 15) is 16.8 Å². The van der Waals surface area contributed by atoms with Gasteiger partial charge in [-0.1, -0.05) is 0 Å². The largest absolute Gasteiger partial charge is 0.397 e. The summed E-state index contributed by atoms with van der Waals surface area (Å²) in [6, 6.07) is 0. The lowest BCUT2D eigenvalue weighted by atomic mass is 10.4. The van der Waals surface area contributed by atoms with Crippen LogP contribution in [0.5, 0.6) is 0 Å². The Bertz CT molecular complexity index is 301. The van der Waals surface area contributed by atoms with Crippen molar-refractivity contribution < 1.29 is 25.9 Å². The van der Waals surface area contributed by atoms with Crippen molar-refractivity contribution in [2.75, 3.05) is 26.2 Å². The van der Waals surface area contributed by atoms with E-state index in [0.29, 0.717) is 0 Å². The molecule has 1 aliphatic heterocycles. The zero-order valence-corrected chi connectivity index (χ0v) is 8.81. The Morgan fingerprint density at radius 1 is 0.714 bits per heavy atom. The van der Waals surface area contributed by atoms with E-state index in [1.165, 1.54) is 0 Å². The average molecular weight is 248 g/mol. The fourth-order valence-electron chi connectivity index (χ4n) is 0.604. The molecular formula is C4H12N2O6S2. The normalized spacial score (nSPS) is 18.1. The summed E-state index contributed by atoms with van der Waals surface area (Å²) in [7, 11) is -10.6. The summed E-state index contributed by atoms with van der Waals surface area (Å²) in [5.41, 5.74) is 0. The molecule has 1 fully saturated rings. The molecule has 1 aliphatic rings. The fourth-order valence-corrected chi connectivity index (χ4v) is 0.604. The maximum atomic E-state index is 9.37. The lowest BCUT2D eigenvalue weighted by molar-refractivity contribution is 0.460. The second-order valence-corrected chi connectivity index (χ2v) is 6.59. The maximum absolute atomic E-state index is 9.37. The predicted octanol–water partition coefficient (Wildman–Crippen LogP) is -2.14. The van der Waals surface area contributed by atoms with Crippen LogP contribution in [0.25, 0.3) is 0 Å². The molecule has 1 heterocycles. The number of hydrogen-bond acceptors (Lipinski definition) is 6. The van der Waals surface area contributed by atoms with Crippen LogP contribution in [0.2, 0.25) is 0 Å². The van der Waals surface area contributed by atoms with Crippen molar-refractivity contribution >= 4 is 18.3 Å². The Morgan fingerprint density at radius 3 is 1.00 bits per heavy atom. The van der Waals surface area contributed by atoms with Crippen LogP contribution in [-0.4, -0.2) is 52.1 Å². The molecule has 0 spiro atoms. The molecular weight excluding hydrogens is 236 g/mol. The molecule has 0 saturated carbocycles. The molecule has 10 heteroatoms. The summed E-state index contributed by atoms with van der Waals surface area (Å²) < 4.78 is 52.5. The molecule has 1 saturated heterocycles. The molecule has 0 aromatic rings. The molecule has 0 aromatic carbocycles. The summed E-state index contributed by atoms with van der Waals surface area (Å²) in [5, 5.41) is 6.44. The first-order valence-electron chi connectivity index (χ1n) is 3.61. The SMILES string of the molecule is C1CNCCN1.O=S(=O)(O)S(=O)(=O)O. The van der Waals surface area contributed by atoms with Gasteiger partial charge in [-0.2, -0.15) is 16.8 Å². The zero-order chi connectivity index (χ0) is 11.2. The monoisotopic (exact) mass is 248 g/mol. The highest BCUT2D eigenvalue weighted by atomic mass is 33.2. The van der Waals surface area contributed by atoms with Crippen molar-refractivity contribution in [1.82, 2.24) is 10.6 Å². The Hall–Kier alpha value is -0.260. The van der Waals surface area contributed by atoms with Gasteiger partial charge in [0.15, 0.2) is 0 Å². The van der Waals surface area contributed by atoms with Crippen LogP contribution in [0.3, 0.4) is 0 Å². The van der Waals surface area contributed by atoms with Crippen LogP contribution >= 0.6 is 0 Å². The molecule has 0 amide bonds. The Balaban J connectivity index is 0.000000249. The van der Waals surface area contributed by atoms with Crippen molar-refractivity contribution in [3.63, 3.8) is 0 Å². The molecule has 0 aliphatic carbocycles. The lowest BCUT2D eigenvalue weighted by Gasteiger charge is -2.11. The summed E-state index contributed by atoms with van der Waals surface area (Å²) in [6.07, 6.45) is 0. The van der Waals surface area contributed by atoms with Gasteiger partial charge in [0.1, 0.15) is 0 Å². The van der Waals surface area contributed by atoms with Crippen LogP contribution in [0.4, 0.5) is 0 Å². The number of nitrogens with one attached hydrogen (secondary N) is 2. The van der Waals surface area contributed by atoms with E-state index in [1.807, 2.05) is 0 Å². The highest BCUT2D eigenvalue weighted by Crippen LogP contribution is 1.90. The Labute approximate surface area is 81.6 Å². The van der Waals surface area contributed by atoms with Crippen molar-refractivity contribution in [2.24, 2.45) is 0 Å². The van der Waals surface area contributed by atoms with E-state index in [2.05, 4.69) is 10.6 Å². The minimum Gasteiger partial charge on any atom is -0.314 e. The second-order valence-electron chi connectivity index (χ2n) is 2.36. The number of piperazine rings is 1. The van der Waals surface area contributed by atoms with Crippen molar-refractivity contribution in [1.29, 1.82) is 0 Å². The lowest BCUT2D eigenvalue weighted by Crippen LogP contribution is -2.39. The van der Waals surface area contributed by atoms with Gasteiger partial charge >= 0.3 is 18.3 Å². The average Bonchev–Trinajstić information content (AvgIpc) is 2.05. The smallest absolute Gasteiger partial charge is 0.314 e. The zero-order valence-electron chi connectivity index (χ0n) is 7.17. The molecule has 14 heavy (non-hydrogen) atoms. The topological polar surface area (TPSA) is 133 Å². The third-order valence-electron chi connectivity index (χ3n) is 1.22. The Morgan fingerprint density at radius 2 is 0.929 bits per heavy atom. The highest BCUT2D eigenvalue weighted by Gasteiger charge is 2.22. The van der Waals surface area contributed by atoms with E-state index in [4.69, 9.17) is 9.11 Å². The Kier molecular flexibility index (Phi) is 5.48. The maximum Gasteiger partial charge on any atom is 0.397 e. The van der Waals surface area contributed by atoms with Gasteiger partial charge in [0.05, 0.1) is 0 Å². The minimum absolute atomic E-state index is 1.14. The highest BCUT2D eigenvalue weighted by molar-refractivity contribution is 8.62. The van der Waals surface area contributed by atoms with Gasteiger partial charge < -0.3 is 10.6 Å². The van der Waals surface area contributed by atoms with Crippen molar-refractivity contribution in [3.05, 3.63) is 0 Å². The molecule has 8 nitrogen and oxygen atoms in total. The first-order chi connectivity index (χ1) is 6.25. The van der Waals surface area contributed by atoms with Gasteiger partial charge in [0, 0.05) is 26.2 Å². The molecule has 86 valence electrons. The summed E-state index contributed by atoms with van der Waals surface area (Å²) in [5.74, 6) is 0. The van der Waals surface area contributed by atoms with Gasteiger partial charge in [-0.25, -0.2) is 0 Å². The fraction of sp³-hybridized carbons (Fsp3) is 1.00. The molecule has 0 bridgehead atoms. The van der Waals surface area contributed by atoms with Crippen molar-refractivity contribution in [2.45, 2.75) is 0 Å². The third-order valence-corrected chi connectivity index (χ3v) is 3.35. The summed E-state index contributed by atoms with van der Waals surface area (Å²) >= 11 is 0.